The minimum Gasteiger partial charge on any atom is -0.317 e. The van der Waals surface area contributed by atoms with Crippen LogP contribution >= 0.6 is 11.6 Å². The van der Waals surface area contributed by atoms with E-state index in [2.05, 4.69) is 10.3 Å². The lowest BCUT2D eigenvalue weighted by Crippen LogP contribution is -2.26. The normalized spacial score (nSPS) is 18.1. The number of halogens is 1. The first-order chi connectivity index (χ1) is 7.86. The summed E-state index contributed by atoms with van der Waals surface area (Å²) in [4.78, 5) is 4.64. The molecule has 3 nitrogen and oxygen atoms in total. The number of hydrogen-bond acceptors (Lipinski definition) is 2. The van der Waals surface area contributed by atoms with Gasteiger partial charge in [0.15, 0.2) is 0 Å². The first-order valence-electron chi connectivity index (χ1n) is 5.69. The summed E-state index contributed by atoms with van der Waals surface area (Å²) in [5, 5.41) is 4.14. The van der Waals surface area contributed by atoms with E-state index in [1.165, 1.54) is 0 Å². The van der Waals surface area contributed by atoms with Crippen LogP contribution in [0.1, 0.15) is 24.5 Å². The van der Waals surface area contributed by atoms with Gasteiger partial charge in [-0.05, 0) is 38.1 Å². The molecule has 0 aliphatic carbocycles. The zero-order valence-electron chi connectivity index (χ0n) is 8.99. The second kappa shape index (κ2) is 4.07. The van der Waals surface area contributed by atoms with Crippen LogP contribution in [0, 0.1) is 0 Å². The lowest BCUT2D eigenvalue weighted by molar-refractivity contribution is 0.454. The molecule has 0 atom stereocenters. The molecule has 0 saturated carbocycles. The fourth-order valence-corrected chi connectivity index (χ4v) is 2.68. The highest BCUT2D eigenvalue weighted by Gasteiger charge is 2.21. The number of fused-ring (bicyclic) bond motifs is 1. The molecule has 1 aliphatic rings. The predicted octanol–water partition coefficient (Wildman–Crippen LogP) is 2.45. The number of aromatic nitrogens is 2. The van der Waals surface area contributed by atoms with Gasteiger partial charge in [0.25, 0.3) is 0 Å². The first kappa shape index (κ1) is 10.1. The maximum atomic E-state index is 6.37. The Kier molecular flexibility index (Phi) is 2.58. The van der Waals surface area contributed by atoms with Gasteiger partial charge in [-0.2, -0.15) is 0 Å². The van der Waals surface area contributed by atoms with Gasteiger partial charge in [0.1, 0.15) is 10.8 Å². The molecule has 0 amide bonds. The number of imidazole rings is 1. The molecule has 1 saturated heterocycles. The van der Waals surface area contributed by atoms with Crippen molar-refractivity contribution in [3.63, 3.8) is 0 Å². The molecule has 3 rings (SSSR count). The quantitative estimate of drug-likeness (QED) is 0.823. The summed E-state index contributed by atoms with van der Waals surface area (Å²) < 4.78 is 1.96. The van der Waals surface area contributed by atoms with Gasteiger partial charge in [-0.1, -0.05) is 17.7 Å². The zero-order chi connectivity index (χ0) is 11.0. The minimum atomic E-state index is 0.508. The van der Waals surface area contributed by atoms with Crippen molar-refractivity contribution in [1.82, 2.24) is 14.7 Å². The maximum absolute atomic E-state index is 6.37. The number of hydrogen-bond donors (Lipinski definition) is 1. The van der Waals surface area contributed by atoms with Crippen molar-refractivity contribution < 1.29 is 0 Å². The molecule has 1 aliphatic heterocycles. The monoisotopic (exact) mass is 235 g/mol. The highest BCUT2D eigenvalue weighted by Crippen LogP contribution is 2.30. The molecule has 1 fully saturated rings. The van der Waals surface area contributed by atoms with Crippen LogP contribution < -0.4 is 5.32 Å². The Balaban J connectivity index is 2.05. The van der Waals surface area contributed by atoms with E-state index in [1.807, 2.05) is 28.8 Å². The van der Waals surface area contributed by atoms with Gasteiger partial charge in [-0.25, -0.2) is 4.98 Å². The number of piperidine rings is 1. The number of pyridine rings is 1. The van der Waals surface area contributed by atoms with Crippen molar-refractivity contribution in [3.05, 3.63) is 35.2 Å². The van der Waals surface area contributed by atoms with Gasteiger partial charge in [0.2, 0.25) is 0 Å². The molecule has 16 heavy (non-hydrogen) atoms. The van der Waals surface area contributed by atoms with Gasteiger partial charge in [0, 0.05) is 12.1 Å². The molecule has 0 radical (unpaired) electrons. The maximum Gasteiger partial charge on any atom is 0.138 e. The van der Waals surface area contributed by atoms with Gasteiger partial charge < -0.3 is 5.32 Å². The van der Waals surface area contributed by atoms with E-state index in [4.69, 9.17) is 11.6 Å². The van der Waals surface area contributed by atoms with Crippen molar-refractivity contribution in [2.45, 2.75) is 18.8 Å². The molecular weight excluding hydrogens is 222 g/mol. The Bertz CT molecular complexity index is 500. The van der Waals surface area contributed by atoms with Gasteiger partial charge in [-0.15, -0.1) is 0 Å². The second-order valence-electron chi connectivity index (χ2n) is 4.24. The highest BCUT2D eigenvalue weighted by atomic mass is 35.5. The fraction of sp³-hybridized carbons (Fsp3) is 0.417. The van der Waals surface area contributed by atoms with Gasteiger partial charge in [-0.3, -0.25) is 4.40 Å². The number of rotatable bonds is 1. The van der Waals surface area contributed by atoms with E-state index in [0.717, 1.165) is 42.4 Å². The summed E-state index contributed by atoms with van der Waals surface area (Å²) in [6, 6.07) is 5.97. The Morgan fingerprint density at radius 2 is 2.12 bits per heavy atom. The third kappa shape index (κ3) is 1.60. The molecule has 3 heterocycles. The lowest BCUT2D eigenvalue weighted by atomic mass is 9.95. The molecule has 0 spiro atoms. The Hall–Kier alpha value is -1.06. The molecule has 84 valence electrons. The van der Waals surface area contributed by atoms with E-state index in [-0.39, 0.29) is 0 Å². The van der Waals surface area contributed by atoms with E-state index in [9.17, 15) is 0 Å². The number of nitrogens with zero attached hydrogens (tertiary/aromatic N) is 2. The summed E-state index contributed by atoms with van der Waals surface area (Å²) in [7, 11) is 0. The molecule has 4 heteroatoms. The number of nitrogens with one attached hydrogen (secondary N) is 1. The summed E-state index contributed by atoms with van der Waals surface area (Å²) in [6.45, 7) is 2.13. The van der Waals surface area contributed by atoms with E-state index < -0.39 is 0 Å². The predicted molar refractivity (Wildman–Crippen MR) is 65.0 cm³/mol. The SMILES string of the molecule is Clc1c(C2CCNCC2)nc2ccccn12. The van der Waals surface area contributed by atoms with Crippen molar-refractivity contribution >= 4 is 17.2 Å². The topological polar surface area (TPSA) is 29.3 Å². The molecular formula is C12H14ClN3. The fourth-order valence-electron chi connectivity index (χ4n) is 2.34. The molecule has 2 aromatic heterocycles. The van der Waals surface area contributed by atoms with Crippen LogP contribution in [0.5, 0.6) is 0 Å². The average molecular weight is 236 g/mol. The molecule has 0 bridgehead atoms. The summed E-state index contributed by atoms with van der Waals surface area (Å²) in [6.07, 6.45) is 4.22. The van der Waals surface area contributed by atoms with Crippen LogP contribution in [0.25, 0.3) is 5.65 Å². The minimum absolute atomic E-state index is 0.508. The van der Waals surface area contributed by atoms with Crippen molar-refractivity contribution in [3.8, 4) is 0 Å². The third-order valence-electron chi connectivity index (χ3n) is 3.22. The standard InChI is InChI=1S/C12H14ClN3/c13-12-11(9-4-6-14-7-5-9)15-10-3-1-2-8-16(10)12/h1-3,8-9,14H,4-7H2. The average Bonchev–Trinajstić information content (AvgIpc) is 2.69. The van der Waals surface area contributed by atoms with Gasteiger partial charge >= 0.3 is 0 Å². The van der Waals surface area contributed by atoms with Crippen molar-refractivity contribution in [1.29, 1.82) is 0 Å². The van der Waals surface area contributed by atoms with Crippen LogP contribution in [-0.4, -0.2) is 22.5 Å². The van der Waals surface area contributed by atoms with Crippen molar-refractivity contribution in [2.75, 3.05) is 13.1 Å². The van der Waals surface area contributed by atoms with E-state index in [1.54, 1.807) is 0 Å². The highest BCUT2D eigenvalue weighted by molar-refractivity contribution is 6.30. The van der Waals surface area contributed by atoms with Crippen molar-refractivity contribution in [2.24, 2.45) is 0 Å². The van der Waals surface area contributed by atoms with E-state index >= 15 is 0 Å². The summed E-state index contributed by atoms with van der Waals surface area (Å²) in [5.41, 5.74) is 2.01. The largest absolute Gasteiger partial charge is 0.317 e. The third-order valence-corrected chi connectivity index (χ3v) is 3.60. The Morgan fingerprint density at radius 3 is 2.88 bits per heavy atom. The summed E-state index contributed by atoms with van der Waals surface area (Å²) >= 11 is 6.37. The van der Waals surface area contributed by atoms with Crippen LogP contribution in [0.2, 0.25) is 5.15 Å². The van der Waals surface area contributed by atoms with E-state index in [0.29, 0.717) is 5.92 Å². The zero-order valence-corrected chi connectivity index (χ0v) is 9.74. The lowest BCUT2D eigenvalue weighted by Gasteiger charge is -2.21. The van der Waals surface area contributed by atoms with Gasteiger partial charge in [0.05, 0.1) is 5.69 Å². The molecule has 0 aromatic carbocycles. The smallest absolute Gasteiger partial charge is 0.138 e. The Morgan fingerprint density at radius 1 is 1.31 bits per heavy atom. The second-order valence-corrected chi connectivity index (χ2v) is 4.60. The van der Waals surface area contributed by atoms with Crippen LogP contribution in [0.15, 0.2) is 24.4 Å². The molecule has 1 N–H and O–H groups in total. The van der Waals surface area contributed by atoms with Crippen LogP contribution in [0.3, 0.4) is 0 Å². The summed E-state index contributed by atoms with van der Waals surface area (Å²) in [5.74, 6) is 0.508. The van der Waals surface area contributed by atoms with Crippen LogP contribution in [-0.2, 0) is 0 Å². The molecule has 0 unspecified atom stereocenters. The first-order valence-corrected chi connectivity index (χ1v) is 6.07. The van der Waals surface area contributed by atoms with Crippen LogP contribution in [0.4, 0.5) is 0 Å². The molecule has 2 aromatic rings. The Labute approximate surface area is 99.4 Å².